The lowest BCUT2D eigenvalue weighted by Crippen LogP contribution is -2.38. The molecule has 0 aliphatic rings. The van der Waals surface area contributed by atoms with Crippen LogP contribution >= 0.6 is 11.6 Å². The van der Waals surface area contributed by atoms with Crippen molar-refractivity contribution in [1.29, 1.82) is 0 Å². The maximum Gasteiger partial charge on any atom is 0.234 e. The van der Waals surface area contributed by atoms with E-state index < -0.39 is 0 Å². The minimum atomic E-state index is -0.0521. The summed E-state index contributed by atoms with van der Waals surface area (Å²) in [5.41, 5.74) is 1.03. The van der Waals surface area contributed by atoms with Crippen LogP contribution in [0.15, 0.2) is 54.6 Å². The van der Waals surface area contributed by atoms with Gasteiger partial charge >= 0.3 is 0 Å². The molecule has 0 fully saturated rings. The number of para-hydroxylation sites is 1. The average Bonchev–Trinajstić information content (AvgIpc) is 2.56. The van der Waals surface area contributed by atoms with Crippen LogP contribution in [-0.4, -0.2) is 37.6 Å². The molecule has 2 aromatic carbocycles. The quantitative estimate of drug-likeness (QED) is 0.795. The van der Waals surface area contributed by atoms with E-state index in [1.54, 1.807) is 0 Å². The Morgan fingerprint density at radius 2 is 1.83 bits per heavy atom. The van der Waals surface area contributed by atoms with E-state index in [4.69, 9.17) is 16.3 Å². The van der Waals surface area contributed by atoms with Gasteiger partial charge in [0.05, 0.1) is 12.6 Å². The number of hydrogen-bond donors (Lipinski definition) is 1. The number of carbonyl (C=O) groups is 1. The summed E-state index contributed by atoms with van der Waals surface area (Å²) >= 11 is 5.88. The Balaban J connectivity index is 1.70. The Kier molecular flexibility index (Phi) is 7.09. The lowest BCUT2D eigenvalue weighted by atomic mass is 10.1. The average molecular weight is 347 g/mol. The smallest absolute Gasteiger partial charge is 0.234 e. The molecule has 0 aliphatic heterocycles. The van der Waals surface area contributed by atoms with Crippen molar-refractivity contribution in [3.8, 4) is 5.75 Å². The van der Waals surface area contributed by atoms with Gasteiger partial charge in [0.2, 0.25) is 5.91 Å². The summed E-state index contributed by atoms with van der Waals surface area (Å²) < 4.78 is 5.63. The van der Waals surface area contributed by atoms with Crippen molar-refractivity contribution >= 4 is 17.5 Å². The Hall–Kier alpha value is -2.04. The highest BCUT2D eigenvalue weighted by atomic mass is 35.5. The lowest BCUT2D eigenvalue weighted by molar-refractivity contribution is -0.122. The fourth-order valence-corrected chi connectivity index (χ4v) is 2.41. The summed E-state index contributed by atoms with van der Waals surface area (Å²) in [5.74, 6) is 0.825. The first-order chi connectivity index (χ1) is 11.5. The second-order valence-corrected chi connectivity index (χ2v) is 6.18. The molecule has 0 saturated carbocycles. The third-order valence-electron chi connectivity index (χ3n) is 3.65. The van der Waals surface area contributed by atoms with E-state index in [2.05, 4.69) is 5.32 Å². The van der Waals surface area contributed by atoms with E-state index in [1.165, 1.54) is 0 Å². The Labute approximate surface area is 148 Å². The number of halogens is 1. The maximum atomic E-state index is 12.1. The van der Waals surface area contributed by atoms with Gasteiger partial charge in [-0.05, 0) is 43.8 Å². The minimum Gasteiger partial charge on any atom is -0.492 e. The zero-order chi connectivity index (χ0) is 17.4. The molecule has 1 atom stereocenters. The molecule has 1 amide bonds. The third kappa shape index (κ3) is 6.22. The van der Waals surface area contributed by atoms with Gasteiger partial charge in [-0.15, -0.1) is 0 Å². The van der Waals surface area contributed by atoms with Gasteiger partial charge in [-0.1, -0.05) is 41.9 Å². The normalized spacial score (nSPS) is 12.0. The molecule has 4 nitrogen and oxygen atoms in total. The van der Waals surface area contributed by atoms with Crippen LogP contribution in [0.1, 0.15) is 18.5 Å². The molecule has 1 N–H and O–H groups in total. The maximum absolute atomic E-state index is 12.1. The molecule has 0 aromatic heterocycles. The summed E-state index contributed by atoms with van der Waals surface area (Å²) in [6.45, 7) is 3.51. The van der Waals surface area contributed by atoms with Crippen LogP contribution in [0.2, 0.25) is 5.02 Å². The fourth-order valence-electron chi connectivity index (χ4n) is 2.28. The molecule has 0 unspecified atom stereocenters. The molecule has 2 aromatic rings. The third-order valence-corrected chi connectivity index (χ3v) is 3.90. The minimum absolute atomic E-state index is 0.0142. The highest BCUT2D eigenvalue weighted by molar-refractivity contribution is 6.30. The van der Waals surface area contributed by atoms with Gasteiger partial charge in [-0.25, -0.2) is 0 Å². The fraction of sp³-hybridized carbons (Fsp3) is 0.316. The van der Waals surface area contributed by atoms with Crippen LogP contribution in [0.3, 0.4) is 0 Å². The molecular weight excluding hydrogens is 324 g/mol. The molecule has 0 radical (unpaired) electrons. The van der Waals surface area contributed by atoms with Crippen LogP contribution < -0.4 is 10.1 Å². The topological polar surface area (TPSA) is 41.6 Å². The molecule has 5 heteroatoms. The van der Waals surface area contributed by atoms with Crippen LogP contribution in [-0.2, 0) is 4.79 Å². The van der Waals surface area contributed by atoms with Gasteiger partial charge in [-0.3, -0.25) is 9.69 Å². The molecule has 0 heterocycles. The van der Waals surface area contributed by atoms with E-state index in [0.717, 1.165) is 11.3 Å². The van der Waals surface area contributed by atoms with Gasteiger partial charge in [0.25, 0.3) is 0 Å². The number of carbonyl (C=O) groups excluding carboxylic acids is 1. The van der Waals surface area contributed by atoms with Gasteiger partial charge in [-0.2, -0.15) is 0 Å². The summed E-state index contributed by atoms with van der Waals surface area (Å²) in [6, 6.07) is 17.1. The summed E-state index contributed by atoms with van der Waals surface area (Å²) in [6.07, 6.45) is 0. The first-order valence-electron chi connectivity index (χ1n) is 7.96. The molecule has 128 valence electrons. The van der Waals surface area contributed by atoms with Crippen molar-refractivity contribution in [2.45, 2.75) is 13.0 Å². The Bertz CT molecular complexity index is 632. The molecule has 0 spiro atoms. The van der Waals surface area contributed by atoms with Crippen molar-refractivity contribution in [1.82, 2.24) is 10.2 Å². The van der Waals surface area contributed by atoms with E-state index >= 15 is 0 Å². The largest absolute Gasteiger partial charge is 0.492 e. The molecule has 0 saturated heterocycles. The van der Waals surface area contributed by atoms with E-state index in [1.807, 2.05) is 73.5 Å². The summed E-state index contributed by atoms with van der Waals surface area (Å²) in [7, 11) is 1.90. The van der Waals surface area contributed by atoms with E-state index in [0.29, 0.717) is 24.7 Å². The van der Waals surface area contributed by atoms with Gasteiger partial charge in [0, 0.05) is 11.6 Å². The van der Waals surface area contributed by atoms with Crippen molar-refractivity contribution < 1.29 is 9.53 Å². The zero-order valence-corrected chi connectivity index (χ0v) is 14.8. The first-order valence-corrected chi connectivity index (χ1v) is 8.33. The van der Waals surface area contributed by atoms with Crippen molar-refractivity contribution in [3.63, 3.8) is 0 Å². The predicted octanol–water partition coefficient (Wildman–Crippen LogP) is 3.53. The van der Waals surface area contributed by atoms with Gasteiger partial charge in [0.1, 0.15) is 12.4 Å². The summed E-state index contributed by atoms with van der Waals surface area (Å²) in [4.78, 5) is 14.1. The first kappa shape index (κ1) is 18.3. The number of likely N-dealkylation sites (N-methyl/N-ethyl adjacent to an activating group) is 1. The second kappa shape index (κ2) is 9.30. The molecule has 24 heavy (non-hydrogen) atoms. The van der Waals surface area contributed by atoms with Crippen LogP contribution in [0, 0.1) is 0 Å². The molecule has 2 rings (SSSR count). The second-order valence-electron chi connectivity index (χ2n) is 5.74. The number of hydrogen-bond acceptors (Lipinski definition) is 3. The number of ether oxygens (including phenoxy) is 1. The van der Waals surface area contributed by atoms with Crippen molar-refractivity contribution in [2.24, 2.45) is 0 Å². The highest BCUT2D eigenvalue weighted by Gasteiger charge is 2.11. The van der Waals surface area contributed by atoms with Crippen molar-refractivity contribution in [2.75, 3.05) is 26.7 Å². The van der Waals surface area contributed by atoms with Crippen LogP contribution in [0.4, 0.5) is 0 Å². The van der Waals surface area contributed by atoms with Crippen molar-refractivity contribution in [3.05, 3.63) is 65.2 Å². The zero-order valence-electron chi connectivity index (χ0n) is 14.0. The Morgan fingerprint density at radius 1 is 1.17 bits per heavy atom. The molecule has 0 bridgehead atoms. The highest BCUT2D eigenvalue weighted by Crippen LogP contribution is 2.15. The van der Waals surface area contributed by atoms with E-state index in [9.17, 15) is 4.79 Å². The summed E-state index contributed by atoms with van der Waals surface area (Å²) in [5, 5.41) is 3.68. The van der Waals surface area contributed by atoms with Crippen LogP contribution in [0.25, 0.3) is 0 Å². The number of rotatable bonds is 8. The van der Waals surface area contributed by atoms with Gasteiger partial charge in [0.15, 0.2) is 0 Å². The lowest BCUT2D eigenvalue weighted by Gasteiger charge is -2.19. The van der Waals surface area contributed by atoms with Crippen LogP contribution in [0.5, 0.6) is 5.75 Å². The SMILES string of the molecule is C[C@H](NC(=O)CN(C)CCOc1ccccc1)c1ccc(Cl)cc1. The molecule has 0 aliphatic carbocycles. The number of amides is 1. The number of benzene rings is 2. The monoisotopic (exact) mass is 346 g/mol. The molecular formula is C19H23ClN2O2. The Morgan fingerprint density at radius 3 is 2.50 bits per heavy atom. The number of nitrogens with zero attached hydrogens (tertiary/aromatic N) is 1. The van der Waals surface area contributed by atoms with E-state index in [-0.39, 0.29) is 11.9 Å². The standard InChI is InChI=1S/C19H23ClN2O2/c1-15(16-8-10-17(20)11-9-16)21-19(23)14-22(2)12-13-24-18-6-4-3-5-7-18/h3-11,15H,12-14H2,1-2H3,(H,21,23)/t15-/m0/s1. The van der Waals surface area contributed by atoms with Gasteiger partial charge < -0.3 is 10.1 Å². The number of nitrogens with one attached hydrogen (secondary N) is 1. The predicted molar refractivity (Wildman–Crippen MR) is 97.4 cm³/mol.